The Morgan fingerprint density at radius 3 is 1.86 bits per heavy atom. The number of rotatable bonds is 2. The van der Waals surface area contributed by atoms with Gasteiger partial charge in [0.15, 0.2) is 0 Å². The van der Waals surface area contributed by atoms with E-state index in [0.29, 0.717) is 0 Å². The summed E-state index contributed by atoms with van der Waals surface area (Å²) >= 11 is 0. The van der Waals surface area contributed by atoms with Crippen molar-refractivity contribution in [3.8, 4) is 0 Å². The molecule has 1 unspecified atom stereocenters. The Bertz CT molecular complexity index is 633. The van der Waals surface area contributed by atoms with Crippen LogP contribution in [0.3, 0.4) is 0 Å². The molecule has 0 aliphatic rings. The van der Waals surface area contributed by atoms with Crippen molar-refractivity contribution in [1.82, 2.24) is 0 Å². The van der Waals surface area contributed by atoms with Gasteiger partial charge in [-0.05, 0) is 22.0 Å². The lowest BCUT2D eigenvalue weighted by atomic mass is 9.81. The summed E-state index contributed by atoms with van der Waals surface area (Å²) in [6.45, 7) is 13.3. The summed E-state index contributed by atoms with van der Waals surface area (Å²) in [6.07, 6.45) is 0. The molecule has 0 spiro atoms. The Morgan fingerprint density at radius 1 is 0.773 bits per heavy atom. The topological polar surface area (TPSA) is 20.2 Å². The molecule has 0 fully saturated rings. The molecule has 22 heavy (non-hydrogen) atoms. The van der Waals surface area contributed by atoms with Gasteiger partial charge in [0, 0.05) is 10.6 Å². The second-order valence-corrected chi connectivity index (χ2v) is 9.50. The summed E-state index contributed by atoms with van der Waals surface area (Å²) in [5, 5.41) is 2.08. The van der Waals surface area contributed by atoms with Crippen LogP contribution >= 0.6 is 8.15 Å². The fourth-order valence-electron chi connectivity index (χ4n) is 2.50. The number of hydrogen-bond acceptors (Lipinski definition) is 1. The molecule has 0 aliphatic heterocycles. The molecule has 118 valence electrons. The summed E-state index contributed by atoms with van der Waals surface area (Å²) in [7, 11) is -1.30. The number of benzene rings is 2. The highest BCUT2D eigenvalue weighted by molar-refractivity contribution is 7.67. The molecule has 2 aromatic carbocycles. The molecule has 2 rings (SSSR count). The van der Waals surface area contributed by atoms with E-state index in [4.69, 9.17) is 0 Å². The molecule has 1 atom stereocenters. The standard InChI is InChI=1S/C20H27OP/c1-19(2,3)15-12-13-18(17(14-15)20(4,5)6)22(21)16-10-8-7-9-11-16/h7-14,21H,1-6H3. The molecule has 1 nitrogen and oxygen atoms in total. The van der Waals surface area contributed by atoms with Crippen LogP contribution in [0.25, 0.3) is 0 Å². The van der Waals surface area contributed by atoms with E-state index in [1.165, 1.54) is 11.1 Å². The Morgan fingerprint density at radius 2 is 1.36 bits per heavy atom. The molecule has 0 amide bonds. The molecule has 0 aromatic heterocycles. The Balaban J connectivity index is 2.56. The van der Waals surface area contributed by atoms with Gasteiger partial charge in [0.1, 0.15) is 0 Å². The van der Waals surface area contributed by atoms with Crippen LogP contribution in [0.15, 0.2) is 48.5 Å². The van der Waals surface area contributed by atoms with Gasteiger partial charge in [0.25, 0.3) is 0 Å². The van der Waals surface area contributed by atoms with E-state index in [1.807, 2.05) is 30.3 Å². The highest BCUT2D eigenvalue weighted by Gasteiger charge is 2.25. The average Bonchev–Trinajstić information content (AvgIpc) is 2.45. The molecule has 2 heteroatoms. The van der Waals surface area contributed by atoms with Gasteiger partial charge in [-0.15, -0.1) is 0 Å². The molecule has 0 heterocycles. The van der Waals surface area contributed by atoms with Crippen LogP contribution in [0.1, 0.15) is 52.7 Å². The highest BCUT2D eigenvalue weighted by atomic mass is 31.1. The summed E-state index contributed by atoms with van der Waals surface area (Å²) in [4.78, 5) is 10.9. The highest BCUT2D eigenvalue weighted by Crippen LogP contribution is 2.36. The van der Waals surface area contributed by atoms with E-state index in [0.717, 1.165) is 10.6 Å². The van der Waals surface area contributed by atoms with Gasteiger partial charge in [-0.2, -0.15) is 0 Å². The third kappa shape index (κ3) is 3.77. The molecular weight excluding hydrogens is 287 g/mol. The van der Waals surface area contributed by atoms with E-state index >= 15 is 0 Å². The predicted octanol–water partition coefficient (Wildman–Crippen LogP) is 4.62. The molecule has 0 radical (unpaired) electrons. The van der Waals surface area contributed by atoms with Gasteiger partial charge < -0.3 is 4.89 Å². The Kier molecular flexibility index (Phi) is 4.80. The van der Waals surface area contributed by atoms with Crippen LogP contribution in [-0.2, 0) is 10.8 Å². The second kappa shape index (κ2) is 6.14. The van der Waals surface area contributed by atoms with E-state index in [9.17, 15) is 4.89 Å². The first-order valence-corrected chi connectivity index (χ1v) is 9.09. The average molecular weight is 314 g/mol. The Hall–Kier alpha value is -1.17. The van der Waals surface area contributed by atoms with Gasteiger partial charge in [-0.25, -0.2) is 0 Å². The molecule has 0 bridgehead atoms. The monoisotopic (exact) mass is 314 g/mol. The lowest BCUT2D eigenvalue weighted by Crippen LogP contribution is -2.26. The summed E-state index contributed by atoms with van der Waals surface area (Å²) in [5.74, 6) is 0. The maximum absolute atomic E-state index is 10.9. The molecular formula is C20H27OP. The summed E-state index contributed by atoms with van der Waals surface area (Å²) in [6, 6.07) is 16.6. The van der Waals surface area contributed by atoms with Gasteiger partial charge in [-0.3, -0.25) is 0 Å². The third-order valence-corrected chi connectivity index (χ3v) is 5.53. The third-order valence-electron chi connectivity index (χ3n) is 3.90. The van der Waals surface area contributed by atoms with Gasteiger partial charge in [0.2, 0.25) is 0 Å². The minimum absolute atomic E-state index is 0.00862. The predicted molar refractivity (Wildman–Crippen MR) is 98.7 cm³/mol. The van der Waals surface area contributed by atoms with Crippen molar-refractivity contribution in [2.45, 2.75) is 52.4 Å². The number of hydrogen-bond donors (Lipinski definition) is 1. The van der Waals surface area contributed by atoms with Crippen molar-refractivity contribution in [3.05, 3.63) is 59.7 Å². The van der Waals surface area contributed by atoms with Crippen LogP contribution < -0.4 is 10.6 Å². The minimum atomic E-state index is -1.30. The lowest BCUT2D eigenvalue weighted by molar-refractivity contribution is 0.569. The largest absolute Gasteiger partial charge is 0.364 e. The second-order valence-electron chi connectivity index (χ2n) is 7.88. The zero-order valence-corrected chi connectivity index (χ0v) is 15.4. The zero-order chi connectivity index (χ0) is 16.5. The molecule has 2 aromatic rings. The van der Waals surface area contributed by atoms with Crippen molar-refractivity contribution in [2.75, 3.05) is 0 Å². The normalized spacial score (nSPS) is 14.0. The first kappa shape index (κ1) is 17.2. The van der Waals surface area contributed by atoms with Gasteiger partial charge >= 0.3 is 0 Å². The quantitative estimate of drug-likeness (QED) is 0.802. The zero-order valence-electron chi connectivity index (χ0n) is 14.5. The van der Waals surface area contributed by atoms with Crippen LogP contribution in [0.4, 0.5) is 0 Å². The van der Waals surface area contributed by atoms with Crippen molar-refractivity contribution in [1.29, 1.82) is 0 Å². The van der Waals surface area contributed by atoms with E-state index in [2.05, 4.69) is 59.7 Å². The van der Waals surface area contributed by atoms with Crippen LogP contribution in [0, 0.1) is 0 Å². The van der Waals surface area contributed by atoms with Crippen molar-refractivity contribution >= 4 is 18.8 Å². The molecule has 0 saturated heterocycles. The molecule has 0 aliphatic carbocycles. The SMILES string of the molecule is CC(C)(C)c1ccc(P(O)c2ccccc2)c(C(C)(C)C)c1. The summed E-state index contributed by atoms with van der Waals surface area (Å²) < 4.78 is 0. The van der Waals surface area contributed by atoms with E-state index in [-0.39, 0.29) is 10.8 Å². The van der Waals surface area contributed by atoms with E-state index < -0.39 is 8.15 Å². The molecule has 1 N–H and O–H groups in total. The minimum Gasteiger partial charge on any atom is -0.364 e. The summed E-state index contributed by atoms with van der Waals surface area (Å²) in [5.41, 5.74) is 2.69. The Labute approximate surface area is 136 Å². The first-order chi connectivity index (χ1) is 10.1. The maximum atomic E-state index is 10.9. The van der Waals surface area contributed by atoms with Crippen molar-refractivity contribution in [2.24, 2.45) is 0 Å². The van der Waals surface area contributed by atoms with Crippen LogP contribution in [-0.4, -0.2) is 4.89 Å². The fourth-order valence-corrected chi connectivity index (χ4v) is 4.07. The smallest absolute Gasteiger partial charge is 0.0880 e. The van der Waals surface area contributed by atoms with Crippen LogP contribution in [0.2, 0.25) is 0 Å². The first-order valence-electron chi connectivity index (χ1n) is 7.80. The van der Waals surface area contributed by atoms with E-state index in [1.54, 1.807) is 0 Å². The van der Waals surface area contributed by atoms with Crippen molar-refractivity contribution in [3.63, 3.8) is 0 Å². The van der Waals surface area contributed by atoms with Gasteiger partial charge in [-0.1, -0.05) is 90.1 Å². The fraction of sp³-hybridized carbons (Fsp3) is 0.400. The van der Waals surface area contributed by atoms with Gasteiger partial charge in [0.05, 0.1) is 8.15 Å². The molecule has 0 saturated carbocycles. The maximum Gasteiger partial charge on any atom is 0.0880 e. The van der Waals surface area contributed by atoms with Crippen LogP contribution in [0.5, 0.6) is 0 Å². The van der Waals surface area contributed by atoms with Crippen molar-refractivity contribution < 1.29 is 4.89 Å². The lowest BCUT2D eigenvalue weighted by Gasteiger charge is -2.29.